The fraction of sp³-hybridized carbons (Fsp3) is 0.136. The third-order valence-corrected chi connectivity index (χ3v) is 4.88. The highest BCUT2D eigenvalue weighted by Gasteiger charge is 2.19. The predicted octanol–water partition coefficient (Wildman–Crippen LogP) is 3.89. The van der Waals surface area contributed by atoms with Crippen molar-refractivity contribution in [1.82, 2.24) is 14.8 Å². The number of primary amides is 1. The van der Waals surface area contributed by atoms with Gasteiger partial charge in [0.1, 0.15) is 5.69 Å². The lowest BCUT2D eigenvalue weighted by atomic mass is 9.87. The first kappa shape index (κ1) is 17.0. The molecule has 1 atom stereocenters. The number of para-hydroxylation sites is 1. The van der Waals surface area contributed by atoms with Gasteiger partial charge in [0.25, 0.3) is 0 Å². The van der Waals surface area contributed by atoms with Crippen LogP contribution in [0, 0.1) is 0 Å². The Morgan fingerprint density at radius 1 is 1.00 bits per heavy atom. The molecule has 4 aromatic rings. The zero-order valence-electron chi connectivity index (χ0n) is 15.3. The van der Waals surface area contributed by atoms with Gasteiger partial charge in [-0.2, -0.15) is 5.10 Å². The van der Waals surface area contributed by atoms with Crippen LogP contribution < -0.4 is 5.73 Å². The second-order valence-electron chi connectivity index (χ2n) is 6.66. The predicted molar refractivity (Wildman–Crippen MR) is 106 cm³/mol. The number of benzene rings is 2. The van der Waals surface area contributed by atoms with Gasteiger partial charge in [-0.1, -0.05) is 43.3 Å². The van der Waals surface area contributed by atoms with Crippen LogP contribution in [0.4, 0.5) is 0 Å². The number of hydrogen-bond donors (Lipinski definition) is 1. The fourth-order valence-corrected chi connectivity index (χ4v) is 3.51. The van der Waals surface area contributed by atoms with E-state index >= 15 is 0 Å². The molecule has 0 aliphatic heterocycles. The zero-order valence-corrected chi connectivity index (χ0v) is 15.3. The smallest absolute Gasteiger partial charge is 0.248 e. The standard InChI is InChI=1S/C22H20N4O/c1-14(15-7-3-4-9-17(15)22(23)27)18-13-21(20-11-12-26(2)25-20)24-19-10-6-5-8-16(18)19/h3-14H,1-2H3,(H2,23,27)/t14-/m0/s1. The SMILES string of the molecule is C[C@@H](c1ccccc1C(N)=O)c1cc(-c2ccn(C)n2)nc2ccccc12. The topological polar surface area (TPSA) is 73.8 Å². The molecule has 0 aliphatic carbocycles. The molecule has 4 rings (SSSR count). The Labute approximate surface area is 157 Å². The van der Waals surface area contributed by atoms with Gasteiger partial charge in [-0.25, -0.2) is 4.98 Å². The molecular formula is C22H20N4O. The van der Waals surface area contributed by atoms with Crippen LogP contribution in [0.1, 0.15) is 34.3 Å². The van der Waals surface area contributed by atoms with Gasteiger partial charge < -0.3 is 5.73 Å². The van der Waals surface area contributed by atoms with E-state index in [2.05, 4.69) is 24.2 Å². The maximum absolute atomic E-state index is 11.9. The molecule has 0 radical (unpaired) electrons. The molecule has 1 amide bonds. The van der Waals surface area contributed by atoms with Gasteiger partial charge in [0.2, 0.25) is 5.91 Å². The molecule has 0 aliphatic rings. The minimum Gasteiger partial charge on any atom is -0.366 e. The molecular weight excluding hydrogens is 336 g/mol. The molecule has 0 saturated carbocycles. The highest BCUT2D eigenvalue weighted by Crippen LogP contribution is 2.34. The minimum absolute atomic E-state index is 0.0240. The molecule has 0 saturated heterocycles. The van der Waals surface area contributed by atoms with Crippen LogP contribution in [0.15, 0.2) is 66.9 Å². The molecule has 5 heteroatoms. The second kappa shape index (κ2) is 6.68. The van der Waals surface area contributed by atoms with Crippen molar-refractivity contribution >= 4 is 16.8 Å². The first-order valence-corrected chi connectivity index (χ1v) is 8.83. The summed E-state index contributed by atoms with van der Waals surface area (Å²) in [6.07, 6.45) is 1.90. The number of fused-ring (bicyclic) bond motifs is 1. The number of nitrogens with zero attached hydrogens (tertiary/aromatic N) is 3. The average Bonchev–Trinajstić information content (AvgIpc) is 3.13. The van der Waals surface area contributed by atoms with E-state index in [-0.39, 0.29) is 5.92 Å². The maximum atomic E-state index is 11.9. The third-order valence-electron chi connectivity index (χ3n) is 4.88. The molecule has 2 aromatic carbocycles. The van der Waals surface area contributed by atoms with Gasteiger partial charge in [-0.15, -0.1) is 0 Å². The summed E-state index contributed by atoms with van der Waals surface area (Å²) in [5, 5.41) is 5.55. The normalized spacial score (nSPS) is 12.2. The van der Waals surface area contributed by atoms with Gasteiger partial charge in [-0.05, 0) is 35.4 Å². The van der Waals surface area contributed by atoms with Gasteiger partial charge in [0.05, 0.1) is 11.2 Å². The second-order valence-corrected chi connectivity index (χ2v) is 6.66. The molecule has 0 unspecified atom stereocenters. The Kier molecular flexibility index (Phi) is 4.20. The molecule has 2 aromatic heterocycles. The Hall–Kier alpha value is -3.47. The van der Waals surface area contributed by atoms with Crippen LogP contribution in [0.5, 0.6) is 0 Å². The number of amides is 1. The Bertz CT molecular complexity index is 1150. The van der Waals surface area contributed by atoms with Crippen molar-refractivity contribution in [2.24, 2.45) is 12.8 Å². The quantitative estimate of drug-likeness (QED) is 0.603. The molecule has 0 bridgehead atoms. The van der Waals surface area contributed by atoms with E-state index in [4.69, 9.17) is 10.7 Å². The third kappa shape index (κ3) is 3.08. The molecule has 5 nitrogen and oxygen atoms in total. The van der Waals surface area contributed by atoms with E-state index in [0.717, 1.165) is 33.4 Å². The van der Waals surface area contributed by atoms with Crippen molar-refractivity contribution in [2.45, 2.75) is 12.8 Å². The maximum Gasteiger partial charge on any atom is 0.248 e. The van der Waals surface area contributed by atoms with E-state index in [0.29, 0.717) is 5.56 Å². The molecule has 0 spiro atoms. The highest BCUT2D eigenvalue weighted by molar-refractivity contribution is 5.95. The number of carbonyl (C=O) groups is 1. The van der Waals surface area contributed by atoms with Crippen molar-refractivity contribution in [1.29, 1.82) is 0 Å². The van der Waals surface area contributed by atoms with Gasteiger partial charge in [-0.3, -0.25) is 9.48 Å². The number of pyridine rings is 1. The van der Waals surface area contributed by atoms with E-state index in [1.165, 1.54) is 0 Å². The van der Waals surface area contributed by atoms with Crippen LogP contribution >= 0.6 is 0 Å². The van der Waals surface area contributed by atoms with Crippen LogP contribution in [0.2, 0.25) is 0 Å². The van der Waals surface area contributed by atoms with Gasteiger partial charge in [0, 0.05) is 30.1 Å². The number of aryl methyl sites for hydroxylation is 1. The number of hydrogen-bond acceptors (Lipinski definition) is 3. The van der Waals surface area contributed by atoms with Gasteiger partial charge >= 0.3 is 0 Å². The highest BCUT2D eigenvalue weighted by atomic mass is 16.1. The van der Waals surface area contributed by atoms with Crippen LogP contribution in [0.3, 0.4) is 0 Å². The summed E-state index contributed by atoms with van der Waals surface area (Å²) in [6.45, 7) is 2.09. The lowest BCUT2D eigenvalue weighted by Crippen LogP contribution is -2.15. The molecule has 134 valence electrons. The number of carbonyl (C=O) groups excluding carboxylic acids is 1. The first-order chi connectivity index (χ1) is 13.0. The summed E-state index contributed by atoms with van der Waals surface area (Å²) in [5.74, 6) is -0.440. The van der Waals surface area contributed by atoms with Crippen molar-refractivity contribution in [3.63, 3.8) is 0 Å². The van der Waals surface area contributed by atoms with E-state index < -0.39 is 5.91 Å². The lowest BCUT2D eigenvalue weighted by Gasteiger charge is -2.18. The van der Waals surface area contributed by atoms with Gasteiger partial charge in [0.15, 0.2) is 0 Å². The van der Waals surface area contributed by atoms with Crippen molar-refractivity contribution in [3.8, 4) is 11.4 Å². The first-order valence-electron chi connectivity index (χ1n) is 8.83. The number of nitrogens with two attached hydrogens (primary N) is 1. The van der Waals surface area contributed by atoms with Crippen LogP contribution in [0.25, 0.3) is 22.3 Å². The summed E-state index contributed by atoms with van der Waals surface area (Å²) in [6, 6.07) is 19.5. The van der Waals surface area contributed by atoms with E-state index in [9.17, 15) is 4.79 Å². The monoisotopic (exact) mass is 356 g/mol. The molecule has 0 fully saturated rings. The largest absolute Gasteiger partial charge is 0.366 e. The average molecular weight is 356 g/mol. The van der Waals surface area contributed by atoms with Crippen molar-refractivity contribution in [3.05, 3.63) is 83.6 Å². The molecule has 27 heavy (non-hydrogen) atoms. The molecule has 2 N–H and O–H groups in total. The Balaban J connectivity index is 1.94. The van der Waals surface area contributed by atoms with Crippen molar-refractivity contribution in [2.75, 3.05) is 0 Å². The van der Waals surface area contributed by atoms with Crippen LogP contribution in [-0.2, 0) is 7.05 Å². The number of aromatic nitrogens is 3. The van der Waals surface area contributed by atoms with Crippen LogP contribution in [-0.4, -0.2) is 20.7 Å². The summed E-state index contributed by atoms with van der Waals surface area (Å²) < 4.78 is 1.76. The summed E-state index contributed by atoms with van der Waals surface area (Å²) >= 11 is 0. The van der Waals surface area contributed by atoms with Crippen molar-refractivity contribution < 1.29 is 4.79 Å². The van der Waals surface area contributed by atoms with E-state index in [1.807, 2.05) is 55.7 Å². The molecule has 2 heterocycles. The summed E-state index contributed by atoms with van der Waals surface area (Å²) in [4.78, 5) is 16.7. The summed E-state index contributed by atoms with van der Waals surface area (Å²) in [5.41, 5.74) is 10.7. The zero-order chi connectivity index (χ0) is 19.0. The minimum atomic E-state index is -0.416. The Morgan fingerprint density at radius 2 is 1.74 bits per heavy atom. The summed E-state index contributed by atoms with van der Waals surface area (Å²) in [7, 11) is 1.89. The lowest BCUT2D eigenvalue weighted by molar-refractivity contribution is 0.0999. The number of rotatable bonds is 4. The Morgan fingerprint density at radius 3 is 2.48 bits per heavy atom. The fourth-order valence-electron chi connectivity index (χ4n) is 3.51. The van der Waals surface area contributed by atoms with E-state index in [1.54, 1.807) is 10.7 Å².